The molecule has 0 heterocycles. The van der Waals surface area contributed by atoms with Crippen LogP contribution in [0.2, 0.25) is 0 Å². The summed E-state index contributed by atoms with van der Waals surface area (Å²) in [5.74, 6) is 0.482. The summed E-state index contributed by atoms with van der Waals surface area (Å²) in [6.07, 6.45) is 11.6. The van der Waals surface area contributed by atoms with Crippen molar-refractivity contribution in [3.63, 3.8) is 0 Å². The van der Waals surface area contributed by atoms with E-state index in [1.54, 1.807) is 0 Å². The Labute approximate surface area is 149 Å². The summed E-state index contributed by atoms with van der Waals surface area (Å²) in [7, 11) is 0. The highest BCUT2D eigenvalue weighted by Gasteiger charge is 2.39. The van der Waals surface area contributed by atoms with E-state index in [4.69, 9.17) is 0 Å². The molecule has 4 rings (SSSR count). The van der Waals surface area contributed by atoms with E-state index >= 15 is 0 Å². The summed E-state index contributed by atoms with van der Waals surface area (Å²) in [4.78, 5) is 0. The Hall–Kier alpha value is -0.990. The molecular formula is C22H29F3. The van der Waals surface area contributed by atoms with Crippen LogP contribution in [0, 0.1) is 47.0 Å². The highest BCUT2D eigenvalue weighted by molar-refractivity contribution is 5.33. The largest absolute Gasteiger partial charge is 0.204 e. The van der Waals surface area contributed by atoms with Gasteiger partial charge >= 0.3 is 0 Å². The second-order valence-corrected chi connectivity index (χ2v) is 8.81. The minimum absolute atomic E-state index is 0.441. The van der Waals surface area contributed by atoms with Gasteiger partial charge in [-0.05, 0) is 98.1 Å². The molecule has 5 atom stereocenters. The molecule has 0 radical (unpaired) electrons. The average Bonchev–Trinajstić information content (AvgIpc) is 2.65. The Morgan fingerprint density at radius 2 is 1.52 bits per heavy atom. The van der Waals surface area contributed by atoms with Gasteiger partial charge in [0, 0.05) is 0 Å². The first-order valence-corrected chi connectivity index (χ1v) is 10.2. The first-order valence-electron chi connectivity index (χ1n) is 10.2. The van der Waals surface area contributed by atoms with Crippen molar-refractivity contribution in [2.75, 3.05) is 0 Å². The Kier molecular flexibility index (Phi) is 4.85. The van der Waals surface area contributed by atoms with Crippen molar-refractivity contribution in [2.24, 2.45) is 29.6 Å². The van der Waals surface area contributed by atoms with Crippen molar-refractivity contribution in [1.82, 2.24) is 0 Å². The number of halogens is 3. The summed E-state index contributed by atoms with van der Waals surface area (Å²) in [5.41, 5.74) is 1.14. The number of hydrogen-bond donors (Lipinski definition) is 0. The second kappa shape index (κ2) is 6.96. The zero-order valence-electron chi connectivity index (χ0n) is 15.2. The van der Waals surface area contributed by atoms with Crippen LogP contribution in [0.4, 0.5) is 13.2 Å². The van der Waals surface area contributed by atoms with Gasteiger partial charge in [-0.25, -0.2) is 13.2 Å². The summed E-state index contributed by atoms with van der Waals surface area (Å²) in [6, 6.07) is 1.22. The van der Waals surface area contributed by atoms with Gasteiger partial charge in [-0.15, -0.1) is 0 Å². The van der Waals surface area contributed by atoms with E-state index in [0.717, 1.165) is 24.2 Å². The predicted octanol–water partition coefficient (Wildman–Crippen LogP) is 6.45. The molecule has 0 N–H and O–H groups in total. The van der Waals surface area contributed by atoms with Gasteiger partial charge in [0.25, 0.3) is 0 Å². The predicted molar refractivity (Wildman–Crippen MR) is 93.8 cm³/mol. The van der Waals surface area contributed by atoms with Gasteiger partial charge in [0.05, 0.1) is 0 Å². The van der Waals surface area contributed by atoms with Crippen molar-refractivity contribution in [3.05, 3.63) is 34.6 Å². The number of rotatable bonds is 2. The number of benzene rings is 1. The molecule has 0 bridgehead atoms. The van der Waals surface area contributed by atoms with Gasteiger partial charge in [-0.1, -0.05) is 19.8 Å². The maximum absolute atomic E-state index is 14.2. The zero-order valence-corrected chi connectivity index (χ0v) is 15.2. The van der Waals surface area contributed by atoms with Gasteiger partial charge in [-0.2, -0.15) is 0 Å². The zero-order chi connectivity index (χ0) is 17.6. The van der Waals surface area contributed by atoms with E-state index < -0.39 is 17.5 Å². The molecule has 5 unspecified atom stereocenters. The maximum Gasteiger partial charge on any atom is 0.194 e. The molecule has 0 spiro atoms. The van der Waals surface area contributed by atoms with Crippen LogP contribution < -0.4 is 0 Å². The van der Waals surface area contributed by atoms with Gasteiger partial charge in [0.2, 0.25) is 0 Å². The highest BCUT2D eigenvalue weighted by atomic mass is 19.2. The van der Waals surface area contributed by atoms with E-state index in [2.05, 4.69) is 6.92 Å². The number of hydrogen-bond acceptors (Lipinski definition) is 0. The van der Waals surface area contributed by atoms with E-state index in [9.17, 15) is 13.2 Å². The van der Waals surface area contributed by atoms with Gasteiger partial charge in [0.1, 0.15) is 0 Å². The van der Waals surface area contributed by atoms with Crippen LogP contribution in [0.15, 0.2) is 6.07 Å². The molecule has 1 aromatic carbocycles. The minimum atomic E-state index is -1.29. The Bertz CT molecular complexity index is 639. The summed E-state index contributed by atoms with van der Waals surface area (Å²) in [5, 5.41) is 0. The summed E-state index contributed by atoms with van der Waals surface area (Å²) >= 11 is 0. The van der Waals surface area contributed by atoms with Crippen LogP contribution in [0.25, 0.3) is 0 Å². The summed E-state index contributed by atoms with van der Waals surface area (Å²) < 4.78 is 41.3. The van der Waals surface area contributed by atoms with E-state index in [1.165, 1.54) is 51.0 Å². The van der Waals surface area contributed by atoms with Gasteiger partial charge in [0.15, 0.2) is 17.5 Å². The van der Waals surface area contributed by atoms with Crippen molar-refractivity contribution in [1.29, 1.82) is 0 Å². The lowest BCUT2D eigenvalue weighted by Crippen LogP contribution is -2.35. The summed E-state index contributed by atoms with van der Waals surface area (Å²) in [6.45, 7) is 2.31. The maximum atomic E-state index is 14.2. The standard InChI is InChI=1S/C22H29F3/c1-2-13-3-4-15-10-16(6-5-14(15)9-13)17-7-8-18-12-20(23)22(25)21(24)19(18)11-17/h12-17H,2-11H2,1H3. The molecule has 2 saturated carbocycles. The van der Waals surface area contributed by atoms with Crippen LogP contribution in [0.5, 0.6) is 0 Å². The first kappa shape index (κ1) is 17.4. The highest BCUT2D eigenvalue weighted by Crippen LogP contribution is 2.49. The van der Waals surface area contributed by atoms with Crippen LogP contribution >= 0.6 is 0 Å². The average molecular weight is 350 g/mol. The topological polar surface area (TPSA) is 0 Å². The Morgan fingerprint density at radius 1 is 0.840 bits per heavy atom. The molecule has 3 aliphatic carbocycles. The van der Waals surface area contributed by atoms with Gasteiger partial charge in [-0.3, -0.25) is 0 Å². The molecule has 2 fully saturated rings. The smallest absolute Gasteiger partial charge is 0.194 e. The molecule has 0 nitrogen and oxygen atoms in total. The van der Waals surface area contributed by atoms with E-state index in [0.29, 0.717) is 35.8 Å². The van der Waals surface area contributed by atoms with Crippen LogP contribution in [0.1, 0.15) is 69.4 Å². The van der Waals surface area contributed by atoms with Crippen LogP contribution in [-0.2, 0) is 12.8 Å². The molecule has 3 heteroatoms. The lowest BCUT2D eigenvalue weighted by molar-refractivity contribution is 0.0705. The molecular weight excluding hydrogens is 321 g/mol. The normalized spacial score (nSPS) is 35.1. The fraction of sp³-hybridized carbons (Fsp3) is 0.727. The Morgan fingerprint density at radius 3 is 2.28 bits per heavy atom. The van der Waals surface area contributed by atoms with Crippen molar-refractivity contribution >= 4 is 0 Å². The molecule has 1 aromatic rings. The van der Waals surface area contributed by atoms with Crippen LogP contribution in [0.3, 0.4) is 0 Å². The molecule has 3 aliphatic rings. The van der Waals surface area contributed by atoms with Gasteiger partial charge < -0.3 is 0 Å². The quantitative estimate of drug-likeness (QED) is 0.538. The lowest BCUT2D eigenvalue weighted by Gasteiger charge is -2.45. The molecule has 0 aliphatic heterocycles. The molecule has 138 valence electrons. The molecule has 25 heavy (non-hydrogen) atoms. The van der Waals surface area contributed by atoms with E-state index in [-0.39, 0.29) is 0 Å². The number of aryl methyl sites for hydroxylation is 1. The lowest BCUT2D eigenvalue weighted by atomic mass is 9.61. The number of fused-ring (bicyclic) bond motifs is 2. The second-order valence-electron chi connectivity index (χ2n) is 8.81. The molecule has 0 amide bonds. The third-order valence-electron chi connectivity index (χ3n) is 7.61. The molecule has 0 saturated heterocycles. The van der Waals surface area contributed by atoms with Crippen molar-refractivity contribution in [2.45, 2.75) is 71.1 Å². The minimum Gasteiger partial charge on any atom is -0.204 e. The SMILES string of the molecule is CCC1CCC2CC(C3CCc4cc(F)c(F)c(F)c4C3)CCC2C1. The Balaban J connectivity index is 1.45. The fourth-order valence-electron chi connectivity index (χ4n) is 6.05. The first-order chi connectivity index (χ1) is 12.1. The van der Waals surface area contributed by atoms with Crippen molar-refractivity contribution in [3.8, 4) is 0 Å². The third kappa shape index (κ3) is 3.24. The third-order valence-corrected chi connectivity index (χ3v) is 7.61. The van der Waals surface area contributed by atoms with Crippen LogP contribution in [-0.4, -0.2) is 0 Å². The van der Waals surface area contributed by atoms with E-state index in [1.807, 2.05) is 0 Å². The molecule has 0 aromatic heterocycles. The fourth-order valence-corrected chi connectivity index (χ4v) is 6.05. The van der Waals surface area contributed by atoms with Crippen molar-refractivity contribution < 1.29 is 13.2 Å². The monoisotopic (exact) mass is 350 g/mol.